The van der Waals surface area contributed by atoms with Crippen molar-refractivity contribution >= 4 is 29.0 Å². The zero-order valence-electron chi connectivity index (χ0n) is 10.4. The quantitative estimate of drug-likeness (QED) is 0.864. The molecule has 0 fully saturated rings. The van der Waals surface area contributed by atoms with Gasteiger partial charge in [0.1, 0.15) is 5.75 Å². The van der Waals surface area contributed by atoms with Crippen LogP contribution in [0.3, 0.4) is 0 Å². The Morgan fingerprint density at radius 3 is 2.70 bits per heavy atom. The number of carbonyl (C=O) groups excluding carboxylic acids is 2. The van der Waals surface area contributed by atoms with Crippen molar-refractivity contribution in [1.82, 2.24) is 0 Å². The third-order valence-corrected chi connectivity index (χ3v) is 3.19. The molecular formula is C15H10ClNO3. The first-order valence-electron chi connectivity index (χ1n) is 6.01. The topological polar surface area (TPSA) is 55.4 Å². The van der Waals surface area contributed by atoms with Crippen molar-refractivity contribution in [2.24, 2.45) is 0 Å². The summed E-state index contributed by atoms with van der Waals surface area (Å²) in [6.07, 6.45) is 0. The van der Waals surface area contributed by atoms with Crippen LogP contribution in [0.5, 0.6) is 5.75 Å². The number of ketones is 1. The second kappa shape index (κ2) is 4.98. The number of nitrogens with one attached hydrogen (secondary N) is 1. The van der Waals surface area contributed by atoms with Crippen LogP contribution < -0.4 is 10.1 Å². The number of hydrogen-bond acceptors (Lipinski definition) is 3. The van der Waals surface area contributed by atoms with Crippen LogP contribution in [0.4, 0.5) is 5.69 Å². The molecule has 1 aliphatic heterocycles. The van der Waals surface area contributed by atoms with E-state index >= 15 is 0 Å². The predicted molar refractivity (Wildman–Crippen MR) is 75.5 cm³/mol. The molecule has 1 heterocycles. The van der Waals surface area contributed by atoms with Crippen LogP contribution in [-0.2, 0) is 4.79 Å². The molecule has 0 radical (unpaired) electrons. The van der Waals surface area contributed by atoms with Gasteiger partial charge in [0.15, 0.2) is 12.4 Å². The minimum atomic E-state index is -0.290. The molecule has 2 aromatic carbocycles. The van der Waals surface area contributed by atoms with E-state index in [1.807, 2.05) is 6.07 Å². The summed E-state index contributed by atoms with van der Waals surface area (Å²) in [7, 11) is 0. The number of anilines is 1. The molecule has 0 spiro atoms. The van der Waals surface area contributed by atoms with Crippen LogP contribution in [0.1, 0.15) is 15.9 Å². The Morgan fingerprint density at radius 1 is 1.20 bits per heavy atom. The number of ether oxygens (including phenoxy) is 1. The second-order valence-corrected chi connectivity index (χ2v) is 4.79. The summed E-state index contributed by atoms with van der Waals surface area (Å²) in [5, 5.41) is 3.05. The minimum absolute atomic E-state index is 0.0771. The van der Waals surface area contributed by atoms with Gasteiger partial charge < -0.3 is 10.1 Å². The summed E-state index contributed by atoms with van der Waals surface area (Å²) in [5.41, 5.74) is 1.23. The van der Waals surface area contributed by atoms with E-state index in [0.717, 1.165) is 0 Å². The molecule has 1 aliphatic rings. The maximum absolute atomic E-state index is 12.5. The van der Waals surface area contributed by atoms with Gasteiger partial charge in [-0.15, -0.1) is 0 Å². The van der Waals surface area contributed by atoms with Gasteiger partial charge in [0, 0.05) is 16.7 Å². The zero-order chi connectivity index (χ0) is 14.1. The molecule has 0 saturated carbocycles. The molecule has 100 valence electrons. The van der Waals surface area contributed by atoms with Gasteiger partial charge in [-0.3, -0.25) is 9.59 Å². The molecule has 0 unspecified atom stereocenters. The lowest BCUT2D eigenvalue weighted by Gasteiger charge is -2.20. The highest BCUT2D eigenvalue weighted by molar-refractivity contribution is 6.32. The summed E-state index contributed by atoms with van der Waals surface area (Å²) in [6.45, 7) is -0.0771. The highest BCUT2D eigenvalue weighted by Crippen LogP contribution is 2.35. The lowest BCUT2D eigenvalue weighted by Crippen LogP contribution is -2.27. The Labute approximate surface area is 120 Å². The Balaban J connectivity index is 2.12. The molecule has 4 nitrogen and oxygen atoms in total. The molecule has 0 aliphatic carbocycles. The molecule has 2 aromatic rings. The van der Waals surface area contributed by atoms with Crippen LogP contribution in [0, 0.1) is 0 Å². The number of rotatable bonds is 2. The summed E-state index contributed by atoms with van der Waals surface area (Å²) in [6, 6.07) is 11.9. The van der Waals surface area contributed by atoms with Gasteiger partial charge in [0.2, 0.25) is 0 Å². The zero-order valence-corrected chi connectivity index (χ0v) is 11.1. The molecule has 1 N–H and O–H groups in total. The fourth-order valence-electron chi connectivity index (χ4n) is 2.07. The summed E-state index contributed by atoms with van der Waals surface area (Å²) in [4.78, 5) is 24.0. The standard InChI is InChI=1S/C15H10ClNO3/c16-10-6-11(15(19)9-4-2-1-3-5-9)14-12(7-10)20-8-13(18)17-14/h1-7H,8H2,(H,17,18). The van der Waals surface area contributed by atoms with Gasteiger partial charge in [-0.05, 0) is 6.07 Å². The van der Waals surface area contributed by atoms with Crippen LogP contribution in [-0.4, -0.2) is 18.3 Å². The summed E-state index contributed by atoms with van der Waals surface area (Å²) in [5.74, 6) is -0.0894. The predicted octanol–water partition coefficient (Wildman–Crippen LogP) is 2.90. The normalized spacial score (nSPS) is 13.2. The fraction of sp³-hybridized carbons (Fsp3) is 0.0667. The van der Waals surface area contributed by atoms with Crippen molar-refractivity contribution in [3.05, 3.63) is 58.6 Å². The third-order valence-electron chi connectivity index (χ3n) is 2.97. The van der Waals surface area contributed by atoms with Crippen LogP contribution in [0.25, 0.3) is 0 Å². The van der Waals surface area contributed by atoms with Gasteiger partial charge in [0.05, 0.1) is 11.3 Å². The van der Waals surface area contributed by atoms with Gasteiger partial charge in [0.25, 0.3) is 5.91 Å². The number of amides is 1. The first-order chi connectivity index (χ1) is 9.65. The molecule has 20 heavy (non-hydrogen) atoms. The molecule has 1 amide bonds. The van der Waals surface area contributed by atoms with E-state index in [1.54, 1.807) is 30.3 Å². The van der Waals surface area contributed by atoms with Crippen molar-refractivity contribution in [2.45, 2.75) is 0 Å². The van der Waals surface area contributed by atoms with Crippen molar-refractivity contribution in [3.63, 3.8) is 0 Å². The van der Waals surface area contributed by atoms with Crippen LogP contribution in [0.15, 0.2) is 42.5 Å². The van der Waals surface area contributed by atoms with E-state index in [2.05, 4.69) is 5.32 Å². The van der Waals surface area contributed by atoms with E-state index in [-0.39, 0.29) is 18.3 Å². The maximum Gasteiger partial charge on any atom is 0.262 e. The molecule has 5 heteroatoms. The Kier molecular flexibility index (Phi) is 3.16. The number of carbonyl (C=O) groups is 2. The number of hydrogen-bond donors (Lipinski definition) is 1. The minimum Gasteiger partial charge on any atom is -0.482 e. The molecule has 0 saturated heterocycles. The van der Waals surface area contributed by atoms with Gasteiger partial charge >= 0.3 is 0 Å². The van der Waals surface area contributed by atoms with Crippen LogP contribution in [0.2, 0.25) is 5.02 Å². The molecular weight excluding hydrogens is 278 g/mol. The Hall–Kier alpha value is -2.33. The average molecular weight is 288 g/mol. The summed E-state index contributed by atoms with van der Waals surface area (Å²) < 4.78 is 5.29. The number of fused-ring (bicyclic) bond motifs is 1. The van der Waals surface area contributed by atoms with E-state index in [9.17, 15) is 9.59 Å². The molecule has 0 atom stereocenters. The maximum atomic E-state index is 12.5. The van der Waals surface area contributed by atoms with Gasteiger partial charge in [-0.2, -0.15) is 0 Å². The third kappa shape index (κ3) is 2.26. The van der Waals surface area contributed by atoms with E-state index in [0.29, 0.717) is 27.6 Å². The molecule has 0 aromatic heterocycles. The summed E-state index contributed by atoms with van der Waals surface area (Å²) >= 11 is 6.00. The van der Waals surface area contributed by atoms with Crippen molar-refractivity contribution in [3.8, 4) is 5.75 Å². The highest BCUT2D eigenvalue weighted by Gasteiger charge is 2.24. The van der Waals surface area contributed by atoms with E-state index in [4.69, 9.17) is 16.3 Å². The average Bonchev–Trinajstić information content (AvgIpc) is 2.47. The second-order valence-electron chi connectivity index (χ2n) is 4.36. The molecule has 3 rings (SSSR count). The first kappa shape index (κ1) is 12.7. The number of benzene rings is 2. The van der Waals surface area contributed by atoms with Gasteiger partial charge in [-0.1, -0.05) is 41.9 Å². The number of halogens is 1. The monoisotopic (exact) mass is 287 g/mol. The van der Waals surface area contributed by atoms with E-state index < -0.39 is 0 Å². The Morgan fingerprint density at radius 2 is 1.95 bits per heavy atom. The first-order valence-corrected chi connectivity index (χ1v) is 6.39. The van der Waals surface area contributed by atoms with Crippen LogP contribution >= 0.6 is 11.6 Å². The van der Waals surface area contributed by atoms with Crippen molar-refractivity contribution in [1.29, 1.82) is 0 Å². The highest BCUT2D eigenvalue weighted by atomic mass is 35.5. The lowest BCUT2D eigenvalue weighted by atomic mass is 10.0. The van der Waals surface area contributed by atoms with Crippen molar-refractivity contribution < 1.29 is 14.3 Å². The van der Waals surface area contributed by atoms with Gasteiger partial charge in [-0.25, -0.2) is 0 Å². The fourth-order valence-corrected chi connectivity index (χ4v) is 2.28. The van der Waals surface area contributed by atoms with E-state index in [1.165, 1.54) is 6.07 Å². The lowest BCUT2D eigenvalue weighted by molar-refractivity contribution is -0.118. The molecule has 0 bridgehead atoms. The SMILES string of the molecule is O=C1COc2cc(Cl)cc(C(=O)c3ccccc3)c2N1. The van der Waals surface area contributed by atoms with Crippen molar-refractivity contribution in [2.75, 3.05) is 11.9 Å². The largest absolute Gasteiger partial charge is 0.482 e. The Bertz CT molecular complexity index is 698. The smallest absolute Gasteiger partial charge is 0.262 e.